The maximum absolute atomic E-state index is 7.42. The number of rotatable bonds is 4. The number of nitrogens with two attached hydrogens (primary N) is 1. The number of anilines is 1. The molecule has 3 rings (SSSR count). The molecule has 118 valence electrons. The molecule has 0 radical (unpaired) electrons. The molecule has 7 heteroatoms. The molecule has 0 aromatic carbocycles. The van der Waals surface area contributed by atoms with Gasteiger partial charge in [-0.1, -0.05) is 0 Å². The van der Waals surface area contributed by atoms with Crippen molar-refractivity contribution in [2.24, 2.45) is 0 Å². The lowest BCUT2D eigenvalue weighted by atomic mass is 10.0. The van der Waals surface area contributed by atoms with Crippen molar-refractivity contribution >= 4 is 17.9 Å². The highest BCUT2D eigenvalue weighted by Crippen LogP contribution is 2.23. The van der Waals surface area contributed by atoms with E-state index in [9.17, 15) is 0 Å². The second-order valence-electron chi connectivity index (χ2n) is 5.53. The first-order chi connectivity index (χ1) is 10.8. The Balaban J connectivity index is 1.92. The minimum absolute atomic E-state index is 0.0338. The van der Waals surface area contributed by atoms with Crippen LogP contribution in [-0.4, -0.2) is 35.6 Å². The van der Waals surface area contributed by atoms with Gasteiger partial charge in [-0.15, -0.1) is 0 Å². The zero-order valence-electron chi connectivity index (χ0n) is 12.6. The van der Waals surface area contributed by atoms with Gasteiger partial charge in [0.2, 0.25) is 5.95 Å². The third kappa shape index (κ3) is 3.26. The van der Waals surface area contributed by atoms with Gasteiger partial charge in [0.05, 0.1) is 17.1 Å². The molecular weight excluding hydrogens is 280 g/mol. The second-order valence-corrected chi connectivity index (χ2v) is 5.53. The van der Waals surface area contributed by atoms with Crippen LogP contribution >= 0.6 is 0 Å². The van der Waals surface area contributed by atoms with E-state index in [1.165, 1.54) is 6.21 Å². The van der Waals surface area contributed by atoms with Gasteiger partial charge >= 0.3 is 0 Å². The van der Waals surface area contributed by atoms with Crippen molar-refractivity contribution in [1.29, 1.82) is 5.41 Å². The van der Waals surface area contributed by atoms with E-state index < -0.39 is 0 Å². The lowest BCUT2D eigenvalue weighted by Crippen LogP contribution is -2.35. The first kappa shape index (κ1) is 14.9. The molecule has 1 atom stereocenters. The van der Waals surface area contributed by atoms with Crippen LogP contribution in [0.4, 0.5) is 5.95 Å². The molecule has 2 aliphatic rings. The van der Waals surface area contributed by atoms with Gasteiger partial charge in [0.15, 0.2) is 0 Å². The summed E-state index contributed by atoms with van der Waals surface area (Å²) in [5.41, 5.74) is 9.48. The summed E-state index contributed by atoms with van der Waals surface area (Å²) < 4.78 is 5.74. The van der Waals surface area contributed by atoms with Crippen molar-refractivity contribution in [3.8, 4) is 0 Å². The zero-order valence-corrected chi connectivity index (χ0v) is 12.6. The first-order valence-corrected chi connectivity index (χ1v) is 7.73. The molecule has 0 spiro atoms. The van der Waals surface area contributed by atoms with Crippen molar-refractivity contribution < 1.29 is 4.74 Å². The summed E-state index contributed by atoms with van der Waals surface area (Å²) in [4.78, 5) is 8.74. The molecule has 1 unspecified atom stereocenters. The standard InChI is InChI=1S/C15H22N6O/c16-6-4-11(19-13-3-1-2-8-22-13)14-10-5-7-18-9-12(10)20-15(17)21-14/h4,6,13,16,18-19H,1-3,5,7-9H2,(H2,17,20,21)/b11-4-,16-6?. The van der Waals surface area contributed by atoms with Crippen LogP contribution in [0.2, 0.25) is 0 Å². The monoisotopic (exact) mass is 302 g/mol. The molecule has 1 aromatic heterocycles. The van der Waals surface area contributed by atoms with Crippen LogP contribution in [-0.2, 0) is 17.7 Å². The van der Waals surface area contributed by atoms with Crippen molar-refractivity contribution in [3.05, 3.63) is 23.0 Å². The van der Waals surface area contributed by atoms with Crippen LogP contribution in [0.3, 0.4) is 0 Å². The van der Waals surface area contributed by atoms with Crippen molar-refractivity contribution in [2.45, 2.75) is 38.5 Å². The molecule has 0 aliphatic carbocycles. The summed E-state index contributed by atoms with van der Waals surface area (Å²) in [6.07, 6.45) is 6.99. The highest BCUT2D eigenvalue weighted by molar-refractivity contribution is 5.82. The van der Waals surface area contributed by atoms with Gasteiger partial charge in [-0.2, -0.15) is 0 Å². The number of aromatic nitrogens is 2. The minimum Gasteiger partial charge on any atom is -0.368 e. The van der Waals surface area contributed by atoms with Crippen LogP contribution < -0.4 is 16.4 Å². The summed E-state index contributed by atoms with van der Waals surface area (Å²) in [5.74, 6) is 0.264. The maximum atomic E-state index is 7.42. The van der Waals surface area contributed by atoms with Crippen LogP contribution in [0.15, 0.2) is 6.08 Å². The molecule has 3 heterocycles. The van der Waals surface area contributed by atoms with Crippen LogP contribution in [0, 0.1) is 5.41 Å². The Morgan fingerprint density at radius 1 is 1.41 bits per heavy atom. The van der Waals surface area contributed by atoms with Crippen LogP contribution in [0.1, 0.15) is 36.2 Å². The van der Waals surface area contributed by atoms with Crippen LogP contribution in [0.25, 0.3) is 5.70 Å². The summed E-state index contributed by atoms with van der Waals surface area (Å²) in [6.45, 7) is 2.36. The third-order valence-corrected chi connectivity index (χ3v) is 3.96. The number of nitrogens with one attached hydrogen (secondary N) is 3. The Morgan fingerprint density at radius 3 is 3.09 bits per heavy atom. The van der Waals surface area contributed by atoms with E-state index >= 15 is 0 Å². The third-order valence-electron chi connectivity index (χ3n) is 3.96. The van der Waals surface area contributed by atoms with Crippen molar-refractivity contribution in [3.63, 3.8) is 0 Å². The molecule has 1 aromatic rings. The Morgan fingerprint density at radius 2 is 2.32 bits per heavy atom. The van der Waals surface area contributed by atoms with E-state index in [0.717, 1.165) is 61.5 Å². The average Bonchev–Trinajstić information content (AvgIpc) is 2.54. The fraction of sp³-hybridized carbons (Fsp3) is 0.533. The minimum atomic E-state index is -0.0338. The molecule has 7 nitrogen and oxygen atoms in total. The zero-order chi connectivity index (χ0) is 15.4. The quantitative estimate of drug-likeness (QED) is 0.613. The molecule has 2 aliphatic heterocycles. The Hall–Kier alpha value is -1.99. The van der Waals surface area contributed by atoms with Gasteiger partial charge in [0, 0.05) is 24.9 Å². The largest absolute Gasteiger partial charge is 0.368 e. The fourth-order valence-electron chi connectivity index (χ4n) is 2.91. The van der Waals surface area contributed by atoms with E-state index in [1.54, 1.807) is 6.08 Å². The van der Waals surface area contributed by atoms with E-state index in [2.05, 4.69) is 20.6 Å². The lowest BCUT2D eigenvalue weighted by molar-refractivity contribution is 0.00527. The van der Waals surface area contributed by atoms with Crippen molar-refractivity contribution in [2.75, 3.05) is 18.9 Å². The maximum Gasteiger partial charge on any atom is 0.220 e. The summed E-state index contributed by atoms with van der Waals surface area (Å²) in [7, 11) is 0. The molecule has 0 amide bonds. The van der Waals surface area contributed by atoms with E-state index in [4.69, 9.17) is 15.9 Å². The molecule has 0 bridgehead atoms. The van der Waals surface area contributed by atoms with E-state index in [-0.39, 0.29) is 12.2 Å². The number of fused-ring (bicyclic) bond motifs is 1. The van der Waals surface area contributed by atoms with Gasteiger partial charge in [-0.25, -0.2) is 9.97 Å². The van der Waals surface area contributed by atoms with Gasteiger partial charge in [-0.05, 0) is 38.3 Å². The van der Waals surface area contributed by atoms with E-state index in [0.29, 0.717) is 6.54 Å². The number of nitrogen functional groups attached to an aromatic ring is 1. The summed E-state index contributed by atoms with van der Waals surface area (Å²) in [5, 5.41) is 14.1. The summed E-state index contributed by atoms with van der Waals surface area (Å²) >= 11 is 0. The Labute approximate surface area is 129 Å². The molecule has 0 saturated carbocycles. The van der Waals surface area contributed by atoms with Gasteiger partial charge in [-0.3, -0.25) is 0 Å². The number of hydrogen-bond donors (Lipinski definition) is 4. The smallest absolute Gasteiger partial charge is 0.220 e. The average molecular weight is 302 g/mol. The van der Waals surface area contributed by atoms with Crippen molar-refractivity contribution in [1.82, 2.24) is 20.6 Å². The number of ether oxygens (including phenoxy) is 1. The van der Waals surface area contributed by atoms with Gasteiger partial charge < -0.3 is 26.5 Å². The van der Waals surface area contributed by atoms with Gasteiger partial charge in [0.1, 0.15) is 6.23 Å². The topological polar surface area (TPSA) is 109 Å². The predicted molar refractivity (Wildman–Crippen MR) is 85.3 cm³/mol. The molecule has 22 heavy (non-hydrogen) atoms. The number of hydrogen-bond acceptors (Lipinski definition) is 7. The second kappa shape index (κ2) is 6.85. The number of allylic oxidation sites excluding steroid dienone is 1. The Bertz CT molecular complexity index is 580. The highest BCUT2D eigenvalue weighted by atomic mass is 16.5. The van der Waals surface area contributed by atoms with Gasteiger partial charge in [0.25, 0.3) is 0 Å². The normalized spacial score (nSPS) is 22.0. The first-order valence-electron chi connectivity index (χ1n) is 7.73. The highest BCUT2D eigenvalue weighted by Gasteiger charge is 2.22. The SMILES string of the molecule is N=C/C=C(\NC1CCCCO1)c1nc(N)nc2c1CCNC2. The fourth-order valence-corrected chi connectivity index (χ4v) is 2.91. The predicted octanol–water partition coefficient (Wildman–Crippen LogP) is 0.811. The lowest BCUT2D eigenvalue weighted by Gasteiger charge is -2.27. The summed E-state index contributed by atoms with van der Waals surface area (Å²) in [6, 6.07) is 0. The molecule has 5 N–H and O–H groups in total. The van der Waals surface area contributed by atoms with E-state index in [1.807, 2.05) is 0 Å². The molecule has 1 fully saturated rings. The molecule has 1 saturated heterocycles. The Kier molecular flexibility index (Phi) is 4.65. The molecular formula is C15H22N6O. The van der Waals surface area contributed by atoms with Crippen LogP contribution in [0.5, 0.6) is 0 Å². The number of nitrogens with zero attached hydrogens (tertiary/aromatic N) is 2.